The van der Waals surface area contributed by atoms with Gasteiger partial charge in [0.1, 0.15) is 0 Å². The van der Waals surface area contributed by atoms with E-state index >= 15 is 0 Å². The van der Waals surface area contributed by atoms with Crippen LogP contribution in [0.5, 0.6) is 0 Å². The van der Waals surface area contributed by atoms with Crippen molar-refractivity contribution in [3.8, 4) is 0 Å². The Hall–Kier alpha value is -1.75. The van der Waals surface area contributed by atoms with E-state index in [2.05, 4.69) is 5.32 Å². The normalized spacial score (nSPS) is 10.6. The van der Waals surface area contributed by atoms with E-state index in [9.17, 15) is 9.59 Å². The highest BCUT2D eigenvalue weighted by Gasteiger charge is 2.08. The summed E-state index contributed by atoms with van der Waals surface area (Å²) >= 11 is 5.98. The molecule has 0 spiro atoms. The number of nitrogens with zero attached hydrogens (tertiary/aromatic N) is 1. The SMILES string of the molecule is [B]n1c(CNC(C)=O)cc2cccc(Cl)c2c1=O. The second-order valence-corrected chi connectivity index (χ2v) is 4.33. The molecule has 0 bridgehead atoms. The molecule has 2 rings (SSSR count). The average Bonchev–Trinajstić information content (AvgIpc) is 2.31. The van der Waals surface area contributed by atoms with Crippen LogP contribution in [0.3, 0.4) is 0 Å². The number of hydrogen-bond donors (Lipinski definition) is 1. The summed E-state index contributed by atoms with van der Waals surface area (Å²) in [7, 11) is 5.70. The van der Waals surface area contributed by atoms with Gasteiger partial charge in [-0.1, -0.05) is 23.7 Å². The van der Waals surface area contributed by atoms with E-state index in [1.807, 2.05) is 0 Å². The first-order valence-electron chi connectivity index (χ1n) is 5.33. The molecule has 4 nitrogen and oxygen atoms in total. The van der Waals surface area contributed by atoms with Gasteiger partial charge in [-0.25, -0.2) is 0 Å². The summed E-state index contributed by atoms with van der Waals surface area (Å²) in [5, 5.41) is 4.05. The predicted molar refractivity (Wildman–Crippen MR) is 71.9 cm³/mol. The smallest absolute Gasteiger partial charge is 0.247 e. The first-order chi connectivity index (χ1) is 8.50. The molecule has 0 aliphatic carbocycles. The van der Waals surface area contributed by atoms with Gasteiger partial charge in [0.15, 0.2) is 0 Å². The third-order valence-corrected chi connectivity index (χ3v) is 2.94. The van der Waals surface area contributed by atoms with Crippen LogP contribution in [0.1, 0.15) is 12.6 Å². The van der Waals surface area contributed by atoms with E-state index in [1.165, 1.54) is 6.92 Å². The van der Waals surface area contributed by atoms with Gasteiger partial charge in [-0.05, 0) is 17.5 Å². The molecule has 0 saturated carbocycles. The minimum absolute atomic E-state index is 0.186. The van der Waals surface area contributed by atoms with Crippen LogP contribution in [-0.2, 0) is 11.3 Å². The molecule has 1 N–H and O–H groups in total. The molecule has 0 fully saturated rings. The van der Waals surface area contributed by atoms with Gasteiger partial charge in [-0.2, -0.15) is 0 Å². The highest BCUT2D eigenvalue weighted by Crippen LogP contribution is 2.20. The Morgan fingerprint density at radius 1 is 1.50 bits per heavy atom. The Bertz CT molecular complexity index is 682. The fourth-order valence-corrected chi connectivity index (χ4v) is 2.00. The molecule has 1 amide bonds. The first kappa shape index (κ1) is 12.7. The molecule has 2 radical (unpaired) electrons. The van der Waals surface area contributed by atoms with Crippen molar-refractivity contribution >= 4 is 36.3 Å². The fraction of sp³-hybridized carbons (Fsp3) is 0.167. The van der Waals surface area contributed by atoms with E-state index in [-0.39, 0.29) is 18.0 Å². The molecule has 0 aliphatic rings. The number of nitrogens with one attached hydrogen (secondary N) is 1. The van der Waals surface area contributed by atoms with Gasteiger partial charge in [-0.15, -0.1) is 0 Å². The molecular weight excluding hydrogens is 250 g/mol. The quantitative estimate of drug-likeness (QED) is 0.826. The molecule has 0 aliphatic heterocycles. The minimum Gasteiger partial charge on any atom is -0.367 e. The largest absolute Gasteiger partial charge is 0.367 e. The standard InChI is InChI=1S/C12H10BClN2O2/c1-7(17)15-6-9-5-8-3-2-4-10(14)11(8)12(18)16(9)13/h2-5H,6H2,1H3,(H,15,17). The van der Waals surface area contributed by atoms with Crippen LogP contribution in [-0.4, -0.2) is 18.4 Å². The van der Waals surface area contributed by atoms with Crippen molar-refractivity contribution in [2.75, 3.05) is 0 Å². The summed E-state index contributed by atoms with van der Waals surface area (Å²) < 4.78 is 1.00. The number of aromatic nitrogens is 1. The van der Waals surface area contributed by atoms with Crippen LogP contribution < -0.4 is 10.9 Å². The Kier molecular flexibility index (Phi) is 3.43. The number of rotatable bonds is 2. The molecule has 1 heterocycles. The third-order valence-electron chi connectivity index (χ3n) is 2.63. The van der Waals surface area contributed by atoms with Crippen LogP contribution >= 0.6 is 11.6 Å². The topological polar surface area (TPSA) is 51.1 Å². The summed E-state index contributed by atoms with van der Waals surface area (Å²) in [6.45, 7) is 1.60. The predicted octanol–water partition coefficient (Wildman–Crippen LogP) is 1.22. The van der Waals surface area contributed by atoms with E-state index in [1.54, 1.807) is 24.3 Å². The maximum atomic E-state index is 12.1. The maximum Gasteiger partial charge on any atom is 0.247 e. The molecule has 1 aromatic carbocycles. The minimum atomic E-state index is -0.376. The monoisotopic (exact) mass is 260 g/mol. The Balaban J connectivity index is 2.61. The van der Waals surface area contributed by atoms with Gasteiger partial charge in [0.25, 0.3) is 0 Å². The Morgan fingerprint density at radius 2 is 2.22 bits per heavy atom. The van der Waals surface area contributed by atoms with Gasteiger partial charge in [0.2, 0.25) is 19.4 Å². The zero-order chi connectivity index (χ0) is 13.3. The van der Waals surface area contributed by atoms with E-state index < -0.39 is 0 Å². The number of hydrogen-bond acceptors (Lipinski definition) is 2. The number of pyridine rings is 1. The molecule has 18 heavy (non-hydrogen) atoms. The van der Waals surface area contributed by atoms with Gasteiger partial charge in [0, 0.05) is 12.6 Å². The lowest BCUT2D eigenvalue weighted by molar-refractivity contribution is -0.119. The molecule has 0 atom stereocenters. The summed E-state index contributed by atoms with van der Waals surface area (Å²) in [6, 6.07) is 6.91. The van der Waals surface area contributed by atoms with Crippen molar-refractivity contribution in [2.45, 2.75) is 13.5 Å². The molecule has 2 aromatic rings. The fourth-order valence-electron chi connectivity index (χ4n) is 1.74. The summed E-state index contributed by atoms with van der Waals surface area (Å²) in [5.74, 6) is -0.186. The number of benzene rings is 1. The first-order valence-corrected chi connectivity index (χ1v) is 5.71. The van der Waals surface area contributed by atoms with Crippen molar-refractivity contribution < 1.29 is 4.79 Å². The van der Waals surface area contributed by atoms with Crippen LogP contribution in [0.4, 0.5) is 0 Å². The van der Waals surface area contributed by atoms with Gasteiger partial charge < -0.3 is 9.79 Å². The third kappa shape index (κ3) is 2.26. The second kappa shape index (κ2) is 4.86. The van der Waals surface area contributed by atoms with Crippen LogP contribution in [0.15, 0.2) is 29.1 Å². The van der Waals surface area contributed by atoms with E-state index in [0.29, 0.717) is 21.5 Å². The lowest BCUT2D eigenvalue weighted by Crippen LogP contribution is -2.27. The van der Waals surface area contributed by atoms with Crippen LogP contribution in [0, 0.1) is 0 Å². The van der Waals surface area contributed by atoms with Crippen molar-refractivity contribution in [3.05, 3.63) is 45.3 Å². The lowest BCUT2D eigenvalue weighted by Gasteiger charge is -2.11. The number of carbonyl (C=O) groups is 1. The van der Waals surface area contributed by atoms with Crippen molar-refractivity contribution in [1.82, 2.24) is 9.79 Å². The Labute approximate surface area is 110 Å². The molecule has 0 unspecified atom stereocenters. The van der Waals surface area contributed by atoms with Crippen molar-refractivity contribution in [3.63, 3.8) is 0 Å². The molecule has 0 saturated heterocycles. The number of carbonyl (C=O) groups excluding carboxylic acids is 1. The van der Waals surface area contributed by atoms with Crippen molar-refractivity contribution in [1.29, 1.82) is 0 Å². The highest BCUT2D eigenvalue weighted by molar-refractivity contribution is 6.35. The molecule has 90 valence electrons. The lowest BCUT2D eigenvalue weighted by atomic mass is 10.1. The highest BCUT2D eigenvalue weighted by atomic mass is 35.5. The van der Waals surface area contributed by atoms with Gasteiger partial charge in [0.05, 0.1) is 17.0 Å². The number of amides is 1. The van der Waals surface area contributed by atoms with Crippen LogP contribution in [0.25, 0.3) is 10.8 Å². The number of fused-ring (bicyclic) bond motifs is 1. The average molecular weight is 260 g/mol. The van der Waals surface area contributed by atoms with Crippen molar-refractivity contribution in [2.24, 2.45) is 0 Å². The van der Waals surface area contributed by atoms with Gasteiger partial charge >= 0.3 is 0 Å². The molecule has 6 heteroatoms. The zero-order valence-corrected chi connectivity index (χ0v) is 10.5. The Morgan fingerprint density at radius 3 is 2.89 bits per heavy atom. The van der Waals surface area contributed by atoms with Crippen LogP contribution in [0.2, 0.25) is 5.02 Å². The molecule has 1 aromatic heterocycles. The number of halogens is 1. The van der Waals surface area contributed by atoms with Gasteiger partial charge in [-0.3, -0.25) is 9.59 Å². The summed E-state index contributed by atoms with van der Waals surface area (Å²) in [5.41, 5.74) is 0.142. The van der Waals surface area contributed by atoms with E-state index in [4.69, 9.17) is 19.6 Å². The molecular formula is C12H10BClN2O2. The summed E-state index contributed by atoms with van der Waals surface area (Å²) in [4.78, 5) is 22.9. The van der Waals surface area contributed by atoms with E-state index in [0.717, 1.165) is 4.48 Å². The zero-order valence-electron chi connectivity index (χ0n) is 9.74. The maximum absolute atomic E-state index is 12.1. The summed E-state index contributed by atoms with van der Waals surface area (Å²) in [6.07, 6.45) is 0. The second-order valence-electron chi connectivity index (χ2n) is 3.92.